The van der Waals surface area contributed by atoms with Crippen LogP contribution in [0.4, 0.5) is 5.82 Å². The Hall–Kier alpha value is -1.85. The van der Waals surface area contributed by atoms with E-state index in [1.807, 2.05) is 18.9 Å². The second kappa shape index (κ2) is 6.78. The Balaban J connectivity index is 2.67. The molecule has 18 heavy (non-hydrogen) atoms. The SMILES string of the molecule is CCOC(=O)CCN(C)c1ncnc(OC)c1C. The molecule has 0 amide bonds. The van der Waals surface area contributed by atoms with E-state index in [2.05, 4.69) is 9.97 Å². The lowest BCUT2D eigenvalue weighted by Gasteiger charge is -2.20. The largest absolute Gasteiger partial charge is 0.481 e. The summed E-state index contributed by atoms with van der Waals surface area (Å²) in [6, 6.07) is 0. The molecule has 0 aliphatic carbocycles. The topological polar surface area (TPSA) is 64.5 Å². The number of rotatable bonds is 6. The zero-order chi connectivity index (χ0) is 13.5. The van der Waals surface area contributed by atoms with E-state index >= 15 is 0 Å². The highest BCUT2D eigenvalue weighted by Crippen LogP contribution is 2.22. The molecule has 1 aromatic rings. The number of methoxy groups -OCH3 is 1. The van der Waals surface area contributed by atoms with Crippen molar-refractivity contribution < 1.29 is 14.3 Å². The normalized spacial score (nSPS) is 10.0. The molecule has 0 aliphatic heterocycles. The highest BCUT2D eigenvalue weighted by molar-refractivity contribution is 5.70. The van der Waals surface area contributed by atoms with Crippen LogP contribution in [0.25, 0.3) is 0 Å². The molecule has 0 saturated heterocycles. The van der Waals surface area contributed by atoms with Crippen LogP contribution in [0, 0.1) is 6.92 Å². The van der Waals surface area contributed by atoms with Crippen LogP contribution in [0.3, 0.4) is 0 Å². The van der Waals surface area contributed by atoms with Crippen molar-refractivity contribution in [1.82, 2.24) is 9.97 Å². The molecule has 6 nitrogen and oxygen atoms in total. The second-order valence-corrected chi connectivity index (χ2v) is 3.81. The average Bonchev–Trinajstić information content (AvgIpc) is 2.36. The second-order valence-electron chi connectivity index (χ2n) is 3.81. The molecule has 0 atom stereocenters. The number of nitrogens with zero attached hydrogens (tertiary/aromatic N) is 3. The van der Waals surface area contributed by atoms with Crippen molar-refractivity contribution in [2.24, 2.45) is 0 Å². The molecule has 0 N–H and O–H groups in total. The zero-order valence-corrected chi connectivity index (χ0v) is 11.3. The van der Waals surface area contributed by atoms with Crippen LogP contribution in [-0.4, -0.2) is 43.2 Å². The summed E-state index contributed by atoms with van der Waals surface area (Å²) in [5.41, 5.74) is 0.853. The van der Waals surface area contributed by atoms with Crippen molar-refractivity contribution in [3.63, 3.8) is 0 Å². The van der Waals surface area contributed by atoms with Gasteiger partial charge < -0.3 is 14.4 Å². The molecule has 0 aliphatic rings. The lowest BCUT2D eigenvalue weighted by atomic mass is 10.3. The van der Waals surface area contributed by atoms with Crippen molar-refractivity contribution in [2.45, 2.75) is 20.3 Å². The van der Waals surface area contributed by atoms with E-state index in [-0.39, 0.29) is 5.97 Å². The van der Waals surface area contributed by atoms with E-state index in [0.29, 0.717) is 25.5 Å². The lowest BCUT2D eigenvalue weighted by Crippen LogP contribution is -2.24. The molecular formula is C12H19N3O3. The molecule has 0 spiro atoms. The predicted molar refractivity (Wildman–Crippen MR) is 67.8 cm³/mol. The first-order valence-electron chi connectivity index (χ1n) is 5.82. The number of hydrogen-bond acceptors (Lipinski definition) is 6. The van der Waals surface area contributed by atoms with Crippen molar-refractivity contribution in [3.05, 3.63) is 11.9 Å². The highest BCUT2D eigenvalue weighted by Gasteiger charge is 2.12. The van der Waals surface area contributed by atoms with Gasteiger partial charge >= 0.3 is 5.97 Å². The summed E-state index contributed by atoms with van der Waals surface area (Å²) in [5.74, 6) is 1.09. The Morgan fingerprint density at radius 1 is 1.44 bits per heavy atom. The number of ether oxygens (including phenoxy) is 2. The van der Waals surface area contributed by atoms with Gasteiger partial charge in [-0.3, -0.25) is 4.79 Å². The van der Waals surface area contributed by atoms with Gasteiger partial charge in [0.05, 0.1) is 25.7 Å². The summed E-state index contributed by atoms with van der Waals surface area (Å²) < 4.78 is 10.0. The van der Waals surface area contributed by atoms with E-state index in [1.54, 1.807) is 14.0 Å². The van der Waals surface area contributed by atoms with Crippen LogP contribution in [0.5, 0.6) is 5.88 Å². The van der Waals surface area contributed by atoms with Crippen molar-refractivity contribution in [2.75, 3.05) is 32.2 Å². The van der Waals surface area contributed by atoms with Crippen molar-refractivity contribution >= 4 is 11.8 Å². The maximum Gasteiger partial charge on any atom is 0.307 e. The number of aromatic nitrogens is 2. The summed E-state index contributed by atoms with van der Waals surface area (Å²) in [4.78, 5) is 21.4. The third-order valence-electron chi connectivity index (χ3n) is 2.52. The van der Waals surface area contributed by atoms with Crippen molar-refractivity contribution in [3.8, 4) is 5.88 Å². The summed E-state index contributed by atoms with van der Waals surface area (Å²) in [6.07, 6.45) is 1.78. The monoisotopic (exact) mass is 253 g/mol. The van der Waals surface area contributed by atoms with Crippen LogP contribution < -0.4 is 9.64 Å². The maximum atomic E-state index is 11.3. The van der Waals surface area contributed by atoms with E-state index in [0.717, 1.165) is 11.4 Å². The van der Waals surface area contributed by atoms with E-state index in [4.69, 9.17) is 9.47 Å². The van der Waals surface area contributed by atoms with Crippen LogP contribution in [0.2, 0.25) is 0 Å². The molecule has 1 rings (SSSR count). The van der Waals surface area contributed by atoms with Gasteiger partial charge in [0.25, 0.3) is 0 Å². The van der Waals surface area contributed by atoms with Gasteiger partial charge in [0.1, 0.15) is 12.1 Å². The predicted octanol–water partition coefficient (Wildman–Crippen LogP) is 1.18. The number of anilines is 1. The standard InChI is InChI=1S/C12H19N3O3/c1-5-18-10(16)6-7-15(3)11-9(2)12(17-4)14-8-13-11/h8H,5-7H2,1-4H3. The van der Waals surface area contributed by atoms with Crippen LogP contribution in [0.15, 0.2) is 6.33 Å². The molecule has 100 valence electrons. The highest BCUT2D eigenvalue weighted by atomic mass is 16.5. The van der Waals surface area contributed by atoms with Crippen LogP contribution in [0.1, 0.15) is 18.9 Å². The fourth-order valence-electron chi connectivity index (χ4n) is 1.61. The third-order valence-corrected chi connectivity index (χ3v) is 2.52. The third kappa shape index (κ3) is 3.58. The van der Waals surface area contributed by atoms with Gasteiger partial charge in [-0.05, 0) is 13.8 Å². The quantitative estimate of drug-likeness (QED) is 0.709. The van der Waals surface area contributed by atoms with E-state index in [9.17, 15) is 4.79 Å². The molecule has 6 heteroatoms. The summed E-state index contributed by atoms with van der Waals surface area (Å²) >= 11 is 0. The molecule has 0 fully saturated rings. The summed E-state index contributed by atoms with van der Waals surface area (Å²) in [7, 11) is 3.44. The van der Waals surface area contributed by atoms with Gasteiger partial charge in [-0.1, -0.05) is 0 Å². The van der Waals surface area contributed by atoms with Gasteiger partial charge in [0.2, 0.25) is 5.88 Å². The molecule has 1 heterocycles. The van der Waals surface area contributed by atoms with Gasteiger partial charge in [-0.2, -0.15) is 0 Å². The molecule has 1 aromatic heterocycles. The first-order chi connectivity index (χ1) is 8.60. The minimum atomic E-state index is -0.206. The van der Waals surface area contributed by atoms with Crippen LogP contribution >= 0.6 is 0 Å². The molecular weight excluding hydrogens is 234 g/mol. The Kier molecular flexibility index (Phi) is 5.35. The van der Waals surface area contributed by atoms with Gasteiger partial charge in [0.15, 0.2) is 0 Å². The Bertz CT molecular complexity index is 410. The summed E-state index contributed by atoms with van der Waals surface area (Å²) in [5, 5.41) is 0. The molecule has 0 bridgehead atoms. The lowest BCUT2D eigenvalue weighted by molar-refractivity contribution is -0.142. The first kappa shape index (κ1) is 14.2. The van der Waals surface area contributed by atoms with Crippen LogP contribution in [-0.2, 0) is 9.53 Å². The fraction of sp³-hybridized carbons (Fsp3) is 0.583. The Morgan fingerprint density at radius 3 is 2.78 bits per heavy atom. The Labute approximate surface area is 107 Å². The molecule has 0 radical (unpaired) electrons. The molecule has 0 aromatic carbocycles. The fourth-order valence-corrected chi connectivity index (χ4v) is 1.61. The first-order valence-corrected chi connectivity index (χ1v) is 5.82. The molecule has 0 unspecified atom stereocenters. The number of esters is 1. The summed E-state index contributed by atoms with van der Waals surface area (Å²) in [6.45, 7) is 4.62. The van der Waals surface area contributed by atoms with Gasteiger partial charge in [-0.15, -0.1) is 0 Å². The maximum absolute atomic E-state index is 11.3. The minimum Gasteiger partial charge on any atom is -0.481 e. The van der Waals surface area contributed by atoms with E-state index in [1.165, 1.54) is 6.33 Å². The Morgan fingerprint density at radius 2 is 2.17 bits per heavy atom. The number of carbonyl (C=O) groups excluding carboxylic acids is 1. The molecule has 0 saturated carbocycles. The number of carbonyl (C=O) groups is 1. The van der Waals surface area contributed by atoms with Gasteiger partial charge in [0, 0.05) is 13.6 Å². The van der Waals surface area contributed by atoms with Crippen molar-refractivity contribution in [1.29, 1.82) is 0 Å². The smallest absolute Gasteiger partial charge is 0.307 e. The van der Waals surface area contributed by atoms with Gasteiger partial charge in [-0.25, -0.2) is 9.97 Å². The minimum absolute atomic E-state index is 0.206. The number of hydrogen-bond donors (Lipinski definition) is 0. The average molecular weight is 253 g/mol. The van der Waals surface area contributed by atoms with E-state index < -0.39 is 0 Å². The zero-order valence-electron chi connectivity index (χ0n) is 11.3.